The summed E-state index contributed by atoms with van der Waals surface area (Å²) in [5.74, 6) is 0.218. The van der Waals surface area contributed by atoms with E-state index in [-0.39, 0.29) is 5.78 Å². The minimum absolute atomic E-state index is 0.140. The molecule has 0 fully saturated rings. The van der Waals surface area contributed by atoms with E-state index in [1.807, 2.05) is 32.9 Å². The van der Waals surface area contributed by atoms with Crippen molar-refractivity contribution in [3.05, 3.63) is 76.1 Å². The highest BCUT2D eigenvalue weighted by Gasteiger charge is 2.27. The van der Waals surface area contributed by atoms with Crippen LogP contribution in [0.2, 0.25) is 5.02 Å². The minimum Gasteiger partial charge on any atom is -0.591 e. The summed E-state index contributed by atoms with van der Waals surface area (Å²) in [5, 5.41) is 4.59. The number of benzene rings is 2. The molecule has 0 unspecified atom stereocenters. The molecule has 7 heteroatoms. The van der Waals surface area contributed by atoms with Crippen molar-refractivity contribution >= 4 is 35.0 Å². The van der Waals surface area contributed by atoms with Gasteiger partial charge in [0.1, 0.15) is 22.3 Å². The molecule has 2 aromatic carbocycles. The van der Waals surface area contributed by atoms with Crippen LogP contribution < -0.4 is 0 Å². The predicted octanol–water partition coefficient (Wildman–Crippen LogP) is 5.42. The molecule has 3 rings (SSSR count). The zero-order valence-corrected chi connectivity index (χ0v) is 18.2. The average molecular weight is 429 g/mol. The van der Waals surface area contributed by atoms with Gasteiger partial charge in [-0.3, -0.25) is 4.79 Å². The van der Waals surface area contributed by atoms with Crippen molar-refractivity contribution in [1.82, 2.24) is 5.16 Å². The van der Waals surface area contributed by atoms with Gasteiger partial charge in [0, 0.05) is 16.1 Å². The van der Waals surface area contributed by atoms with Crippen LogP contribution in [0.3, 0.4) is 0 Å². The maximum atomic E-state index is 13.1. The molecule has 0 radical (unpaired) electrons. The molecule has 0 saturated heterocycles. The highest BCUT2D eigenvalue weighted by Crippen LogP contribution is 2.31. The zero-order chi connectivity index (χ0) is 21.2. The van der Waals surface area contributed by atoms with Crippen molar-refractivity contribution in [2.45, 2.75) is 32.4 Å². The van der Waals surface area contributed by atoms with Crippen LogP contribution in [0.4, 0.5) is 0 Å². The molecule has 1 heterocycles. The fourth-order valence-electron chi connectivity index (χ4n) is 2.71. The Hall–Kier alpha value is -2.41. The van der Waals surface area contributed by atoms with Gasteiger partial charge in [0.15, 0.2) is 11.5 Å². The molecule has 0 aliphatic rings. The lowest BCUT2D eigenvalue weighted by Crippen LogP contribution is -2.25. The molecule has 3 aromatic rings. The highest BCUT2D eigenvalue weighted by molar-refractivity contribution is 7.91. The van der Waals surface area contributed by atoms with Crippen molar-refractivity contribution in [3.63, 3.8) is 0 Å². The smallest absolute Gasteiger partial charge is 0.193 e. The number of hydrogen-bond donors (Lipinski definition) is 0. The number of aryl methyl sites for hydroxylation is 1. The number of rotatable bonds is 5. The maximum Gasteiger partial charge on any atom is 0.193 e. The standard InChI is InChI=1S/C22H21ClN2O3S/c1-14-20(19(28-25-14)13-24-29(27)22(2,3)4)17-7-5-6-8-18(17)21(26)15-9-11-16(23)12-10-15/h5-13H,1-4H3/t29-/m1/s1. The van der Waals surface area contributed by atoms with Crippen molar-refractivity contribution in [2.24, 2.45) is 4.40 Å². The second kappa shape index (κ2) is 8.53. The SMILES string of the molecule is Cc1noc(C=N[S@+]([O-])C(C)(C)C)c1-c1ccccc1C(=O)c1ccc(Cl)cc1. The van der Waals surface area contributed by atoms with Gasteiger partial charge in [-0.1, -0.05) is 45.4 Å². The molecule has 1 atom stereocenters. The summed E-state index contributed by atoms with van der Waals surface area (Å²) in [6, 6.07) is 14.0. The van der Waals surface area contributed by atoms with E-state index >= 15 is 0 Å². The number of carbonyl (C=O) groups excluding carboxylic acids is 1. The van der Waals surface area contributed by atoms with Gasteiger partial charge in [0.05, 0.1) is 11.3 Å². The van der Waals surface area contributed by atoms with E-state index in [0.29, 0.717) is 38.7 Å². The zero-order valence-electron chi connectivity index (χ0n) is 16.6. The lowest BCUT2D eigenvalue weighted by Gasteiger charge is -2.17. The monoisotopic (exact) mass is 428 g/mol. The van der Waals surface area contributed by atoms with Gasteiger partial charge in [-0.2, -0.15) is 0 Å². The van der Waals surface area contributed by atoms with Crippen molar-refractivity contribution < 1.29 is 13.9 Å². The van der Waals surface area contributed by atoms with E-state index in [0.717, 1.165) is 0 Å². The van der Waals surface area contributed by atoms with E-state index in [1.165, 1.54) is 6.21 Å². The van der Waals surface area contributed by atoms with Crippen LogP contribution in [0.25, 0.3) is 11.1 Å². The molecular weight excluding hydrogens is 408 g/mol. The maximum absolute atomic E-state index is 13.1. The summed E-state index contributed by atoms with van der Waals surface area (Å²) in [6.07, 6.45) is 1.42. The van der Waals surface area contributed by atoms with Gasteiger partial charge < -0.3 is 9.08 Å². The second-order valence-corrected chi connectivity index (χ2v) is 9.86. The molecule has 0 saturated carbocycles. The van der Waals surface area contributed by atoms with Gasteiger partial charge in [-0.25, -0.2) is 0 Å². The minimum atomic E-state index is -1.44. The van der Waals surface area contributed by atoms with Gasteiger partial charge >= 0.3 is 0 Å². The Morgan fingerprint density at radius 3 is 2.48 bits per heavy atom. The van der Waals surface area contributed by atoms with Crippen molar-refractivity contribution in [2.75, 3.05) is 0 Å². The van der Waals surface area contributed by atoms with E-state index in [4.69, 9.17) is 16.1 Å². The van der Waals surface area contributed by atoms with Crippen LogP contribution in [0.1, 0.15) is 48.1 Å². The van der Waals surface area contributed by atoms with Gasteiger partial charge in [0.2, 0.25) is 0 Å². The van der Waals surface area contributed by atoms with Crippen molar-refractivity contribution in [3.8, 4) is 11.1 Å². The summed E-state index contributed by atoms with van der Waals surface area (Å²) < 4.78 is 21.3. The largest absolute Gasteiger partial charge is 0.591 e. The molecule has 0 amide bonds. The predicted molar refractivity (Wildman–Crippen MR) is 117 cm³/mol. The van der Waals surface area contributed by atoms with Crippen LogP contribution in [-0.4, -0.2) is 26.5 Å². The highest BCUT2D eigenvalue weighted by atomic mass is 35.5. The number of nitrogens with zero attached hydrogens (tertiary/aromatic N) is 2. The molecule has 29 heavy (non-hydrogen) atoms. The molecular formula is C22H21ClN2O3S. The number of aromatic nitrogens is 1. The van der Waals surface area contributed by atoms with Crippen LogP contribution in [-0.2, 0) is 11.4 Å². The summed E-state index contributed by atoms with van der Waals surface area (Å²) in [6.45, 7) is 7.31. The third-order valence-electron chi connectivity index (χ3n) is 4.23. The third-order valence-corrected chi connectivity index (χ3v) is 5.82. The molecule has 1 aromatic heterocycles. The first kappa shape index (κ1) is 21.3. The fourth-order valence-corrected chi connectivity index (χ4v) is 3.35. The Kier molecular flexibility index (Phi) is 6.27. The number of halogens is 1. The Bertz CT molecular complexity index is 1050. The number of carbonyl (C=O) groups is 1. The Morgan fingerprint density at radius 2 is 1.83 bits per heavy atom. The molecule has 0 N–H and O–H groups in total. The molecule has 0 bridgehead atoms. The number of ketones is 1. The topological polar surface area (TPSA) is 78.5 Å². The summed E-state index contributed by atoms with van der Waals surface area (Å²) in [7, 11) is 0. The van der Waals surface area contributed by atoms with Crippen LogP contribution >= 0.6 is 11.6 Å². The first-order chi connectivity index (χ1) is 13.7. The summed E-state index contributed by atoms with van der Waals surface area (Å²) in [5.41, 5.74) is 2.98. The third kappa shape index (κ3) is 4.78. The van der Waals surface area contributed by atoms with E-state index in [1.54, 1.807) is 43.3 Å². The molecule has 150 valence electrons. The van der Waals surface area contributed by atoms with Gasteiger partial charge in [-0.05, 0) is 57.5 Å². The first-order valence-corrected chi connectivity index (χ1v) is 10.5. The second-order valence-electron chi connectivity index (χ2n) is 7.48. The average Bonchev–Trinajstić information content (AvgIpc) is 3.05. The van der Waals surface area contributed by atoms with E-state index in [9.17, 15) is 9.35 Å². The van der Waals surface area contributed by atoms with E-state index < -0.39 is 16.1 Å². The van der Waals surface area contributed by atoms with E-state index in [2.05, 4.69) is 9.55 Å². The Labute approximate surface area is 178 Å². The van der Waals surface area contributed by atoms with Crippen molar-refractivity contribution in [1.29, 1.82) is 0 Å². The van der Waals surface area contributed by atoms with Crippen LogP contribution in [0.5, 0.6) is 0 Å². The molecule has 5 nitrogen and oxygen atoms in total. The molecule has 0 spiro atoms. The normalized spacial score (nSPS) is 13.0. The Morgan fingerprint density at radius 1 is 1.17 bits per heavy atom. The lowest BCUT2D eigenvalue weighted by atomic mass is 9.93. The fraction of sp³-hybridized carbons (Fsp3) is 0.227. The summed E-state index contributed by atoms with van der Waals surface area (Å²) in [4.78, 5) is 13.1. The van der Waals surface area contributed by atoms with Gasteiger partial charge in [0.25, 0.3) is 0 Å². The number of hydrogen-bond acceptors (Lipinski definition) is 5. The molecule has 0 aliphatic heterocycles. The molecule has 0 aliphatic carbocycles. The Balaban J connectivity index is 2.05. The quantitative estimate of drug-likeness (QED) is 0.309. The van der Waals surface area contributed by atoms with Crippen LogP contribution in [0.15, 0.2) is 57.5 Å². The lowest BCUT2D eigenvalue weighted by molar-refractivity contribution is 0.103. The van der Waals surface area contributed by atoms with Gasteiger partial charge in [-0.15, -0.1) is 0 Å². The first-order valence-electron chi connectivity index (χ1n) is 9.00. The summed E-state index contributed by atoms with van der Waals surface area (Å²) >= 11 is 4.50. The van der Waals surface area contributed by atoms with Crippen LogP contribution in [0, 0.1) is 6.92 Å².